The fourth-order valence-corrected chi connectivity index (χ4v) is 1.71. The number of hydrogen-bond donors (Lipinski definition) is 2. The van der Waals surface area contributed by atoms with Crippen molar-refractivity contribution < 1.29 is 9.53 Å². The van der Waals surface area contributed by atoms with E-state index in [0.717, 1.165) is 25.9 Å². The first-order valence-corrected chi connectivity index (χ1v) is 4.15. The summed E-state index contributed by atoms with van der Waals surface area (Å²) in [5.41, 5.74) is -0.118. The van der Waals surface area contributed by atoms with Crippen LogP contribution in [0.15, 0.2) is 0 Å². The normalized spacial score (nSPS) is 28.6. The van der Waals surface area contributed by atoms with E-state index in [4.69, 9.17) is 10.6 Å². The van der Waals surface area contributed by atoms with Crippen LogP contribution in [0.3, 0.4) is 0 Å². The Labute approximate surface area is 70.8 Å². The summed E-state index contributed by atoms with van der Waals surface area (Å²) < 4.78 is 4.87. The van der Waals surface area contributed by atoms with Crippen LogP contribution in [0.5, 0.6) is 0 Å². The van der Waals surface area contributed by atoms with Crippen molar-refractivity contribution in [1.29, 1.82) is 0 Å². The van der Waals surface area contributed by atoms with E-state index in [-0.39, 0.29) is 11.6 Å². The molecular formula is C7H13N3O2. The molecule has 5 nitrogen and oxygen atoms in total. The molecule has 0 aliphatic carbocycles. The van der Waals surface area contributed by atoms with Crippen LogP contribution in [-0.2, 0) is 4.74 Å². The molecule has 2 heterocycles. The minimum absolute atomic E-state index is 0.118. The van der Waals surface area contributed by atoms with Crippen LogP contribution < -0.4 is 11.2 Å². The number of hydrogen-bond acceptors (Lipinski definition) is 4. The van der Waals surface area contributed by atoms with Crippen LogP contribution >= 0.6 is 0 Å². The molecule has 0 radical (unpaired) electrons. The van der Waals surface area contributed by atoms with Crippen LogP contribution in [0.25, 0.3) is 0 Å². The Morgan fingerprint density at radius 3 is 2.67 bits per heavy atom. The highest BCUT2D eigenvalue weighted by molar-refractivity contribution is 5.70. The van der Waals surface area contributed by atoms with E-state index < -0.39 is 0 Å². The van der Waals surface area contributed by atoms with Gasteiger partial charge in [-0.2, -0.15) is 0 Å². The molecule has 0 saturated carbocycles. The molecule has 0 bridgehead atoms. The van der Waals surface area contributed by atoms with E-state index in [9.17, 15) is 4.79 Å². The fourth-order valence-electron chi connectivity index (χ4n) is 1.71. The van der Waals surface area contributed by atoms with Crippen LogP contribution in [0.2, 0.25) is 0 Å². The Morgan fingerprint density at radius 2 is 2.17 bits per heavy atom. The van der Waals surface area contributed by atoms with E-state index in [2.05, 4.69) is 5.32 Å². The molecule has 1 spiro atoms. The monoisotopic (exact) mass is 171 g/mol. The number of nitrogens with zero attached hydrogens (tertiary/aromatic N) is 1. The van der Waals surface area contributed by atoms with Gasteiger partial charge in [-0.3, -0.25) is 5.84 Å². The molecule has 2 fully saturated rings. The van der Waals surface area contributed by atoms with Gasteiger partial charge < -0.3 is 10.1 Å². The van der Waals surface area contributed by atoms with Crippen molar-refractivity contribution in [2.75, 3.05) is 19.7 Å². The zero-order valence-corrected chi connectivity index (χ0v) is 6.88. The van der Waals surface area contributed by atoms with Crippen molar-refractivity contribution in [2.45, 2.75) is 18.4 Å². The second-order valence-electron chi connectivity index (χ2n) is 3.52. The third-order valence-electron chi connectivity index (χ3n) is 2.60. The molecule has 2 aliphatic heterocycles. The maximum atomic E-state index is 10.8. The van der Waals surface area contributed by atoms with Gasteiger partial charge in [-0.15, -0.1) is 0 Å². The first-order valence-electron chi connectivity index (χ1n) is 4.15. The van der Waals surface area contributed by atoms with E-state index in [1.165, 1.54) is 0 Å². The zero-order valence-electron chi connectivity index (χ0n) is 6.88. The van der Waals surface area contributed by atoms with Crippen LogP contribution in [0, 0.1) is 0 Å². The summed E-state index contributed by atoms with van der Waals surface area (Å²) in [6.07, 6.45) is 1.48. The highest BCUT2D eigenvalue weighted by Gasteiger charge is 2.41. The van der Waals surface area contributed by atoms with Gasteiger partial charge in [0, 0.05) is 13.1 Å². The summed E-state index contributed by atoms with van der Waals surface area (Å²) in [5.74, 6) is 5.60. The fraction of sp³-hybridized carbons (Fsp3) is 0.857. The lowest BCUT2D eigenvalue weighted by atomic mass is 9.90. The summed E-state index contributed by atoms with van der Waals surface area (Å²) >= 11 is 0. The molecule has 2 aliphatic rings. The van der Waals surface area contributed by atoms with Gasteiger partial charge in [0.1, 0.15) is 6.61 Å². The van der Waals surface area contributed by atoms with Gasteiger partial charge in [-0.1, -0.05) is 0 Å². The van der Waals surface area contributed by atoms with Gasteiger partial charge in [0.05, 0.1) is 5.54 Å². The summed E-state index contributed by atoms with van der Waals surface area (Å²) in [5, 5.41) is 4.62. The third kappa shape index (κ3) is 1.25. The molecule has 1 amide bonds. The van der Waals surface area contributed by atoms with Gasteiger partial charge in [0.25, 0.3) is 0 Å². The number of nitrogens with one attached hydrogen (secondary N) is 1. The van der Waals surface area contributed by atoms with Crippen LogP contribution in [-0.4, -0.2) is 36.3 Å². The molecule has 2 rings (SSSR count). The highest BCUT2D eigenvalue weighted by Crippen LogP contribution is 2.24. The Kier molecular flexibility index (Phi) is 1.69. The molecule has 5 heteroatoms. The van der Waals surface area contributed by atoms with E-state index in [1.807, 2.05) is 0 Å². The SMILES string of the molecule is NN1CCC2(CC1)COC(=O)N2. The molecule has 0 atom stereocenters. The standard InChI is InChI=1S/C7H13N3O2/c8-10-3-1-7(2-4-10)5-12-6(11)9-7/h1-5,8H2,(H,9,11). The number of nitrogens with two attached hydrogens (primary N) is 1. The summed E-state index contributed by atoms with van der Waals surface area (Å²) in [6.45, 7) is 2.15. The molecule has 3 N–H and O–H groups in total. The number of carbonyl (C=O) groups excluding carboxylic acids is 1. The molecule has 0 aromatic heterocycles. The van der Waals surface area contributed by atoms with Gasteiger partial charge in [-0.25, -0.2) is 9.80 Å². The predicted octanol–water partition coefficient (Wildman–Crippen LogP) is -0.566. The average Bonchev–Trinajstić information content (AvgIpc) is 2.40. The van der Waals surface area contributed by atoms with Crippen molar-refractivity contribution in [1.82, 2.24) is 10.3 Å². The lowest BCUT2D eigenvalue weighted by molar-refractivity contribution is 0.129. The molecular weight excluding hydrogens is 158 g/mol. The Morgan fingerprint density at radius 1 is 1.50 bits per heavy atom. The third-order valence-corrected chi connectivity index (χ3v) is 2.60. The largest absolute Gasteiger partial charge is 0.447 e. The van der Waals surface area contributed by atoms with E-state index >= 15 is 0 Å². The minimum Gasteiger partial charge on any atom is -0.447 e. The van der Waals surface area contributed by atoms with E-state index in [1.54, 1.807) is 5.01 Å². The summed E-state index contributed by atoms with van der Waals surface area (Å²) in [6, 6.07) is 0. The van der Waals surface area contributed by atoms with Crippen LogP contribution in [0.4, 0.5) is 4.79 Å². The molecule has 68 valence electrons. The summed E-state index contributed by atoms with van der Waals surface area (Å²) in [7, 11) is 0. The number of amides is 1. The molecule has 2 saturated heterocycles. The zero-order chi connectivity index (χ0) is 8.60. The van der Waals surface area contributed by atoms with Crippen molar-refractivity contribution in [3.05, 3.63) is 0 Å². The topological polar surface area (TPSA) is 67.6 Å². The van der Waals surface area contributed by atoms with E-state index in [0.29, 0.717) is 6.61 Å². The van der Waals surface area contributed by atoms with Crippen molar-refractivity contribution >= 4 is 6.09 Å². The first-order chi connectivity index (χ1) is 5.70. The second-order valence-corrected chi connectivity index (χ2v) is 3.52. The van der Waals surface area contributed by atoms with Gasteiger partial charge in [-0.05, 0) is 12.8 Å². The lowest BCUT2D eigenvalue weighted by Crippen LogP contribution is -2.54. The van der Waals surface area contributed by atoms with Crippen LogP contribution in [0.1, 0.15) is 12.8 Å². The molecule has 0 unspecified atom stereocenters. The quantitative estimate of drug-likeness (QED) is 0.479. The number of carbonyl (C=O) groups is 1. The second kappa shape index (κ2) is 2.60. The minimum atomic E-state index is -0.291. The molecule has 0 aromatic carbocycles. The predicted molar refractivity (Wildman–Crippen MR) is 42.2 cm³/mol. The van der Waals surface area contributed by atoms with Crippen molar-refractivity contribution in [2.24, 2.45) is 5.84 Å². The smallest absolute Gasteiger partial charge is 0.407 e. The Bertz CT molecular complexity index is 199. The lowest BCUT2D eigenvalue weighted by Gasteiger charge is -2.35. The number of piperidine rings is 1. The Hall–Kier alpha value is -0.810. The highest BCUT2D eigenvalue weighted by atomic mass is 16.6. The average molecular weight is 171 g/mol. The number of hydrazine groups is 1. The van der Waals surface area contributed by atoms with Gasteiger partial charge in [0.15, 0.2) is 0 Å². The number of rotatable bonds is 0. The maximum absolute atomic E-state index is 10.8. The Balaban J connectivity index is 1.99. The maximum Gasteiger partial charge on any atom is 0.407 e. The van der Waals surface area contributed by atoms with Crippen molar-refractivity contribution in [3.8, 4) is 0 Å². The molecule has 0 aromatic rings. The number of cyclic esters (lactones) is 1. The number of ether oxygens (including phenoxy) is 1. The van der Waals surface area contributed by atoms with Crippen molar-refractivity contribution in [3.63, 3.8) is 0 Å². The summed E-state index contributed by atoms with van der Waals surface area (Å²) in [4.78, 5) is 10.8. The first kappa shape index (κ1) is 7.82. The number of alkyl carbamates (subject to hydrolysis) is 1. The van der Waals surface area contributed by atoms with Gasteiger partial charge >= 0.3 is 6.09 Å². The van der Waals surface area contributed by atoms with Gasteiger partial charge in [0.2, 0.25) is 0 Å². The molecule has 12 heavy (non-hydrogen) atoms.